The molecule has 0 spiro atoms. The van der Waals surface area contributed by atoms with Crippen molar-refractivity contribution in [3.8, 4) is 0 Å². The maximum Gasteiger partial charge on any atom is 0.241 e. The Balaban J connectivity index is 2.56. The lowest BCUT2D eigenvalue weighted by molar-refractivity contribution is -0.131. The van der Waals surface area contributed by atoms with Crippen LogP contribution in [0.15, 0.2) is 0 Å². The van der Waals surface area contributed by atoms with Gasteiger partial charge in [0.1, 0.15) is 6.04 Å². The number of nitrogens with zero attached hydrogens (tertiary/aromatic N) is 1. The molecule has 1 rings (SSSR count). The predicted octanol–water partition coefficient (Wildman–Crippen LogP) is -2.10. The Bertz CT molecular complexity index is 192. The van der Waals surface area contributed by atoms with Gasteiger partial charge in [-0.1, -0.05) is 0 Å². The van der Waals surface area contributed by atoms with E-state index in [0.29, 0.717) is 13.1 Å². The molecule has 0 aromatic carbocycles. The zero-order valence-corrected chi connectivity index (χ0v) is 6.33. The third kappa shape index (κ3) is 1.91. The van der Waals surface area contributed by atoms with E-state index in [4.69, 9.17) is 5.73 Å². The Hall–Kier alpha value is -1.10. The van der Waals surface area contributed by atoms with Gasteiger partial charge in [-0.05, 0) is 7.05 Å². The van der Waals surface area contributed by atoms with Crippen LogP contribution in [0.4, 0.5) is 0 Å². The van der Waals surface area contributed by atoms with Gasteiger partial charge >= 0.3 is 0 Å². The Morgan fingerprint density at radius 1 is 1.82 bits per heavy atom. The molecule has 3 N–H and O–H groups in total. The van der Waals surface area contributed by atoms with Crippen LogP contribution < -0.4 is 11.1 Å². The Labute approximate surface area is 64.5 Å². The first-order chi connectivity index (χ1) is 5.09. The summed E-state index contributed by atoms with van der Waals surface area (Å²) in [5.41, 5.74) is 5.01. The second-order valence-corrected chi connectivity index (χ2v) is 2.72. The van der Waals surface area contributed by atoms with Gasteiger partial charge in [-0.3, -0.25) is 14.5 Å². The monoisotopic (exact) mass is 157 g/mol. The van der Waals surface area contributed by atoms with Crippen molar-refractivity contribution < 1.29 is 9.59 Å². The number of likely N-dealkylation sites (N-methyl/N-ethyl adjacent to an activating group) is 1. The summed E-state index contributed by atoms with van der Waals surface area (Å²) in [7, 11) is 1.77. The van der Waals surface area contributed by atoms with Crippen LogP contribution in [0.1, 0.15) is 0 Å². The SMILES string of the molecule is CN1CC(=O)N[C@@H](C(N)=O)C1. The number of amides is 2. The second kappa shape index (κ2) is 2.87. The molecule has 0 radical (unpaired) electrons. The third-order valence-electron chi connectivity index (χ3n) is 1.59. The van der Waals surface area contributed by atoms with E-state index in [0.717, 1.165) is 0 Å². The van der Waals surface area contributed by atoms with E-state index in [1.165, 1.54) is 0 Å². The van der Waals surface area contributed by atoms with E-state index in [2.05, 4.69) is 5.32 Å². The number of rotatable bonds is 1. The van der Waals surface area contributed by atoms with E-state index in [-0.39, 0.29) is 5.91 Å². The first-order valence-corrected chi connectivity index (χ1v) is 3.37. The fourth-order valence-corrected chi connectivity index (χ4v) is 1.07. The fraction of sp³-hybridized carbons (Fsp3) is 0.667. The largest absolute Gasteiger partial charge is 0.368 e. The molecular weight excluding hydrogens is 146 g/mol. The smallest absolute Gasteiger partial charge is 0.241 e. The summed E-state index contributed by atoms with van der Waals surface area (Å²) in [4.78, 5) is 23.2. The highest BCUT2D eigenvalue weighted by Crippen LogP contribution is 1.95. The maximum atomic E-state index is 10.8. The van der Waals surface area contributed by atoms with Gasteiger partial charge in [0, 0.05) is 6.54 Å². The molecule has 0 aliphatic carbocycles. The van der Waals surface area contributed by atoms with Gasteiger partial charge in [-0.15, -0.1) is 0 Å². The normalized spacial score (nSPS) is 26.3. The lowest BCUT2D eigenvalue weighted by atomic mass is 10.2. The number of carbonyl (C=O) groups excluding carboxylic acids is 2. The predicted molar refractivity (Wildman–Crippen MR) is 38.6 cm³/mol. The number of carbonyl (C=O) groups is 2. The number of hydrogen-bond acceptors (Lipinski definition) is 3. The topological polar surface area (TPSA) is 75.4 Å². The molecule has 2 amide bonds. The minimum absolute atomic E-state index is 0.150. The third-order valence-corrected chi connectivity index (χ3v) is 1.59. The molecule has 0 aromatic heterocycles. The van der Waals surface area contributed by atoms with Crippen LogP contribution in [0.25, 0.3) is 0 Å². The van der Waals surface area contributed by atoms with Crippen molar-refractivity contribution in [2.75, 3.05) is 20.1 Å². The minimum atomic E-state index is -0.527. The number of piperazine rings is 1. The standard InChI is InChI=1S/C6H11N3O2/c1-9-2-4(6(7)11)8-5(10)3-9/h4H,2-3H2,1H3,(H2,7,11)(H,8,10)/t4-/m1/s1. The van der Waals surface area contributed by atoms with E-state index < -0.39 is 11.9 Å². The molecule has 1 aliphatic rings. The minimum Gasteiger partial charge on any atom is -0.368 e. The first-order valence-electron chi connectivity index (χ1n) is 3.37. The highest BCUT2D eigenvalue weighted by atomic mass is 16.2. The van der Waals surface area contributed by atoms with Crippen LogP contribution in [-0.4, -0.2) is 42.9 Å². The molecule has 1 aliphatic heterocycles. The average molecular weight is 157 g/mol. The van der Waals surface area contributed by atoms with Crippen molar-refractivity contribution in [1.29, 1.82) is 0 Å². The quantitative estimate of drug-likeness (QED) is 0.458. The molecule has 1 saturated heterocycles. The molecule has 1 atom stereocenters. The van der Waals surface area contributed by atoms with E-state index in [9.17, 15) is 9.59 Å². The van der Waals surface area contributed by atoms with Crippen LogP contribution in [0.3, 0.4) is 0 Å². The molecule has 0 unspecified atom stereocenters. The van der Waals surface area contributed by atoms with E-state index in [1.54, 1.807) is 11.9 Å². The fourth-order valence-electron chi connectivity index (χ4n) is 1.07. The van der Waals surface area contributed by atoms with Gasteiger partial charge in [-0.2, -0.15) is 0 Å². The highest BCUT2D eigenvalue weighted by molar-refractivity contribution is 5.88. The van der Waals surface area contributed by atoms with Gasteiger partial charge in [0.2, 0.25) is 11.8 Å². The van der Waals surface area contributed by atoms with Gasteiger partial charge in [0.25, 0.3) is 0 Å². The van der Waals surface area contributed by atoms with Crippen molar-refractivity contribution in [2.45, 2.75) is 6.04 Å². The van der Waals surface area contributed by atoms with Crippen LogP contribution in [0.2, 0.25) is 0 Å². The Morgan fingerprint density at radius 2 is 2.45 bits per heavy atom. The zero-order chi connectivity index (χ0) is 8.43. The molecule has 0 bridgehead atoms. The maximum absolute atomic E-state index is 10.8. The summed E-state index contributed by atoms with van der Waals surface area (Å²) in [6, 6.07) is -0.527. The van der Waals surface area contributed by atoms with Crippen LogP contribution in [0.5, 0.6) is 0 Å². The van der Waals surface area contributed by atoms with Crippen molar-refractivity contribution >= 4 is 11.8 Å². The average Bonchev–Trinajstić information content (AvgIpc) is 1.85. The molecule has 1 fully saturated rings. The van der Waals surface area contributed by atoms with Crippen LogP contribution >= 0.6 is 0 Å². The van der Waals surface area contributed by atoms with Gasteiger partial charge in [-0.25, -0.2) is 0 Å². The summed E-state index contributed by atoms with van der Waals surface area (Å²) in [6.45, 7) is 0.838. The van der Waals surface area contributed by atoms with E-state index in [1.807, 2.05) is 0 Å². The van der Waals surface area contributed by atoms with Gasteiger partial charge in [0.05, 0.1) is 6.54 Å². The zero-order valence-electron chi connectivity index (χ0n) is 6.33. The summed E-state index contributed by atoms with van der Waals surface area (Å²) >= 11 is 0. The number of primary amides is 1. The Morgan fingerprint density at radius 3 is 2.91 bits per heavy atom. The van der Waals surface area contributed by atoms with Crippen molar-refractivity contribution in [3.05, 3.63) is 0 Å². The molecule has 1 heterocycles. The van der Waals surface area contributed by atoms with Gasteiger partial charge in [0.15, 0.2) is 0 Å². The molecule has 0 aromatic rings. The molecule has 62 valence electrons. The van der Waals surface area contributed by atoms with E-state index >= 15 is 0 Å². The summed E-state index contributed by atoms with van der Waals surface area (Å²) in [6.07, 6.45) is 0. The first kappa shape index (κ1) is 8.00. The molecular formula is C6H11N3O2. The lowest BCUT2D eigenvalue weighted by Crippen LogP contribution is -2.57. The number of nitrogens with one attached hydrogen (secondary N) is 1. The highest BCUT2D eigenvalue weighted by Gasteiger charge is 2.25. The molecule has 11 heavy (non-hydrogen) atoms. The van der Waals surface area contributed by atoms with Crippen molar-refractivity contribution in [1.82, 2.24) is 10.2 Å². The van der Waals surface area contributed by atoms with Crippen molar-refractivity contribution in [2.24, 2.45) is 5.73 Å². The molecule has 0 saturated carbocycles. The molecule has 5 nitrogen and oxygen atoms in total. The van der Waals surface area contributed by atoms with Crippen LogP contribution in [-0.2, 0) is 9.59 Å². The summed E-state index contributed by atoms with van der Waals surface area (Å²) in [5.74, 6) is -0.632. The summed E-state index contributed by atoms with van der Waals surface area (Å²) in [5, 5.41) is 2.49. The summed E-state index contributed by atoms with van der Waals surface area (Å²) < 4.78 is 0. The molecule has 5 heteroatoms. The second-order valence-electron chi connectivity index (χ2n) is 2.72. The lowest BCUT2D eigenvalue weighted by Gasteiger charge is -2.27. The van der Waals surface area contributed by atoms with Crippen molar-refractivity contribution in [3.63, 3.8) is 0 Å². The number of hydrogen-bond donors (Lipinski definition) is 2. The van der Waals surface area contributed by atoms with Gasteiger partial charge < -0.3 is 11.1 Å². The Kier molecular flexibility index (Phi) is 2.09. The number of nitrogens with two attached hydrogens (primary N) is 1. The van der Waals surface area contributed by atoms with Crippen LogP contribution in [0, 0.1) is 0 Å².